The summed E-state index contributed by atoms with van der Waals surface area (Å²) in [6, 6.07) is 0. The highest BCUT2D eigenvalue weighted by atomic mass is 16.4. The molecule has 0 fully saturated rings. The first kappa shape index (κ1) is 11.6. The Balaban J connectivity index is 4.56. The standard InChI is InChI=1S/C10H15NO2/c1-4-6-7-11-8(3)9(5-2)10(12)13/h5-7H,4H2,1-3H3,(H,12,13)/b7-6-,9-5+,11-8-. The molecular formula is C10H15NO2. The van der Waals surface area contributed by atoms with Gasteiger partial charge in [-0.15, -0.1) is 0 Å². The first-order valence-electron chi connectivity index (χ1n) is 4.22. The lowest BCUT2D eigenvalue weighted by Crippen LogP contribution is -2.08. The summed E-state index contributed by atoms with van der Waals surface area (Å²) < 4.78 is 0. The molecule has 0 aromatic rings. The lowest BCUT2D eigenvalue weighted by molar-refractivity contribution is -0.132. The highest BCUT2D eigenvalue weighted by Gasteiger charge is 2.07. The number of rotatable bonds is 4. The minimum absolute atomic E-state index is 0.251. The Bertz CT molecular complexity index is 262. The molecule has 0 spiro atoms. The van der Waals surface area contributed by atoms with Crippen LogP contribution in [-0.2, 0) is 4.79 Å². The second-order valence-electron chi connectivity index (χ2n) is 2.52. The van der Waals surface area contributed by atoms with E-state index >= 15 is 0 Å². The number of carboxylic acids is 1. The van der Waals surface area contributed by atoms with E-state index in [4.69, 9.17) is 5.11 Å². The highest BCUT2D eigenvalue weighted by molar-refractivity contribution is 6.18. The fraction of sp³-hybridized carbons (Fsp3) is 0.400. The Morgan fingerprint density at radius 1 is 1.54 bits per heavy atom. The van der Waals surface area contributed by atoms with E-state index in [9.17, 15) is 4.79 Å². The zero-order chi connectivity index (χ0) is 10.3. The Morgan fingerprint density at radius 2 is 2.15 bits per heavy atom. The molecule has 72 valence electrons. The van der Waals surface area contributed by atoms with Gasteiger partial charge in [0.25, 0.3) is 0 Å². The minimum atomic E-state index is -0.936. The molecule has 0 saturated carbocycles. The van der Waals surface area contributed by atoms with Gasteiger partial charge in [0.05, 0.1) is 11.3 Å². The van der Waals surface area contributed by atoms with Crippen molar-refractivity contribution in [1.82, 2.24) is 0 Å². The molecule has 0 unspecified atom stereocenters. The van der Waals surface area contributed by atoms with Crippen LogP contribution < -0.4 is 0 Å². The molecule has 0 amide bonds. The van der Waals surface area contributed by atoms with Gasteiger partial charge < -0.3 is 5.11 Å². The zero-order valence-corrected chi connectivity index (χ0v) is 8.24. The molecule has 13 heavy (non-hydrogen) atoms. The molecule has 0 radical (unpaired) electrons. The van der Waals surface area contributed by atoms with E-state index in [1.165, 1.54) is 0 Å². The first-order chi connectivity index (χ1) is 6.13. The van der Waals surface area contributed by atoms with Gasteiger partial charge in [-0.25, -0.2) is 4.79 Å². The van der Waals surface area contributed by atoms with E-state index < -0.39 is 5.97 Å². The molecule has 1 N–H and O–H groups in total. The Morgan fingerprint density at radius 3 is 2.54 bits per heavy atom. The Kier molecular flexibility index (Phi) is 5.52. The summed E-state index contributed by atoms with van der Waals surface area (Å²) in [5, 5.41) is 8.73. The summed E-state index contributed by atoms with van der Waals surface area (Å²) in [7, 11) is 0. The normalized spacial score (nSPS) is 13.8. The maximum absolute atomic E-state index is 10.6. The number of hydrogen-bond acceptors (Lipinski definition) is 2. The Hall–Kier alpha value is -1.38. The van der Waals surface area contributed by atoms with E-state index in [2.05, 4.69) is 4.99 Å². The SMILES string of the molecule is C\C=C(C(=O)O)/C(C)=N\C=C/CC. The molecule has 0 aromatic carbocycles. The molecule has 0 aliphatic carbocycles. The highest BCUT2D eigenvalue weighted by Crippen LogP contribution is 1.99. The summed E-state index contributed by atoms with van der Waals surface area (Å²) in [5.41, 5.74) is 0.778. The van der Waals surface area contributed by atoms with Crippen molar-refractivity contribution < 1.29 is 9.90 Å². The van der Waals surface area contributed by atoms with Crippen LogP contribution in [0.2, 0.25) is 0 Å². The van der Waals surface area contributed by atoms with Crippen LogP contribution in [-0.4, -0.2) is 16.8 Å². The van der Waals surface area contributed by atoms with Crippen LogP contribution in [0.3, 0.4) is 0 Å². The third kappa shape index (κ3) is 4.25. The van der Waals surface area contributed by atoms with Crippen LogP contribution in [0.15, 0.2) is 28.9 Å². The van der Waals surface area contributed by atoms with Crippen molar-refractivity contribution in [3.05, 3.63) is 23.9 Å². The molecule has 0 heterocycles. The van der Waals surface area contributed by atoms with Crippen LogP contribution in [0.5, 0.6) is 0 Å². The molecule has 0 rings (SSSR count). The lowest BCUT2D eigenvalue weighted by Gasteiger charge is -1.97. The minimum Gasteiger partial charge on any atom is -0.478 e. The second-order valence-corrected chi connectivity index (χ2v) is 2.52. The molecule has 0 saturated heterocycles. The fourth-order valence-corrected chi connectivity index (χ4v) is 0.827. The van der Waals surface area contributed by atoms with E-state index in [1.54, 1.807) is 26.1 Å². The molecule has 0 aromatic heterocycles. The summed E-state index contributed by atoms with van der Waals surface area (Å²) in [6.07, 6.45) is 5.94. The molecule has 0 aliphatic rings. The van der Waals surface area contributed by atoms with Crippen LogP contribution in [0, 0.1) is 0 Å². The van der Waals surface area contributed by atoms with Crippen molar-refractivity contribution in [2.75, 3.05) is 0 Å². The number of hydrogen-bond donors (Lipinski definition) is 1. The van der Waals surface area contributed by atoms with Crippen molar-refractivity contribution >= 4 is 11.7 Å². The molecule has 0 aliphatic heterocycles. The molecule has 0 bridgehead atoms. The van der Waals surface area contributed by atoms with Crippen molar-refractivity contribution in [3.8, 4) is 0 Å². The molecule has 3 heteroatoms. The maximum atomic E-state index is 10.6. The van der Waals surface area contributed by atoms with Crippen LogP contribution in [0.1, 0.15) is 27.2 Å². The molecular weight excluding hydrogens is 166 g/mol. The number of allylic oxidation sites excluding steroid dienone is 2. The number of aliphatic imine (C=N–C) groups is 1. The van der Waals surface area contributed by atoms with E-state index in [0.29, 0.717) is 5.71 Å². The largest absolute Gasteiger partial charge is 0.478 e. The van der Waals surface area contributed by atoms with Gasteiger partial charge in [-0.3, -0.25) is 4.99 Å². The maximum Gasteiger partial charge on any atom is 0.337 e. The van der Waals surface area contributed by atoms with Crippen LogP contribution >= 0.6 is 0 Å². The predicted octanol–water partition coefficient (Wildman–Crippen LogP) is 2.40. The number of nitrogens with zero attached hydrogens (tertiary/aromatic N) is 1. The van der Waals surface area contributed by atoms with Gasteiger partial charge >= 0.3 is 5.97 Å². The van der Waals surface area contributed by atoms with Gasteiger partial charge in [0.15, 0.2) is 0 Å². The van der Waals surface area contributed by atoms with Gasteiger partial charge in [0.1, 0.15) is 0 Å². The zero-order valence-electron chi connectivity index (χ0n) is 8.24. The van der Waals surface area contributed by atoms with E-state index in [1.807, 2.05) is 13.0 Å². The summed E-state index contributed by atoms with van der Waals surface area (Å²) in [6.45, 7) is 5.37. The quantitative estimate of drug-likeness (QED) is 0.534. The summed E-state index contributed by atoms with van der Waals surface area (Å²) in [5.74, 6) is -0.936. The van der Waals surface area contributed by atoms with Gasteiger partial charge in [-0.1, -0.05) is 19.1 Å². The van der Waals surface area contributed by atoms with Gasteiger partial charge in [0, 0.05) is 6.20 Å². The van der Waals surface area contributed by atoms with Crippen molar-refractivity contribution in [1.29, 1.82) is 0 Å². The van der Waals surface area contributed by atoms with Crippen molar-refractivity contribution in [3.63, 3.8) is 0 Å². The first-order valence-corrected chi connectivity index (χ1v) is 4.22. The number of aliphatic carboxylic acids is 1. The summed E-state index contributed by atoms with van der Waals surface area (Å²) >= 11 is 0. The van der Waals surface area contributed by atoms with E-state index in [-0.39, 0.29) is 5.57 Å². The van der Waals surface area contributed by atoms with Gasteiger partial charge in [0.2, 0.25) is 0 Å². The predicted molar refractivity (Wildman–Crippen MR) is 53.9 cm³/mol. The van der Waals surface area contributed by atoms with Crippen molar-refractivity contribution in [2.45, 2.75) is 27.2 Å². The van der Waals surface area contributed by atoms with E-state index in [0.717, 1.165) is 6.42 Å². The summed E-state index contributed by atoms with van der Waals surface area (Å²) in [4.78, 5) is 14.6. The average Bonchev–Trinajstić information content (AvgIpc) is 2.05. The topological polar surface area (TPSA) is 49.7 Å². The lowest BCUT2D eigenvalue weighted by atomic mass is 10.2. The second kappa shape index (κ2) is 6.17. The van der Waals surface area contributed by atoms with Gasteiger partial charge in [-0.2, -0.15) is 0 Å². The van der Waals surface area contributed by atoms with Crippen molar-refractivity contribution in [2.24, 2.45) is 4.99 Å². The number of carbonyl (C=O) groups is 1. The monoisotopic (exact) mass is 181 g/mol. The van der Waals surface area contributed by atoms with Gasteiger partial charge in [-0.05, 0) is 20.3 Å². The third-order valence-electron chi connectivity index (χ3n) is 1.52. The average molecular weight is 181 g/mol. The molecule has 0 atom stereocenters. The fourth-order valence-electron chi connectivity index (χ4n) is 0.827. The third-order valence-corrected chi connectivity index (χ3v) is 1.52. The molecule has 3 nitrogen and oxygen atoms in total. The van der Waals surface area contributed by atoms with Crippen LogP contribution in [0.4, 0.5) is 0 Å². The van der Waals surface area contributed by atoms with Crippen LogP contribution in [0.25, 0.3) is 0 Å². The Labute approximate surface area is 78.5 Å². The number of carboxylic acid groups (broad SMARTS) is 1. The smallest absolute Gasteiger partial charge is 0.337 e.